The van der Waals surface area contributed by atoms with Gasteiger partial charge in [-0.25, -0.2) is 4.79 Å². The third-order valence-corrected chi connectivity index (χ3v) is 7.99. The van der Waals surface area contributed by atoms with E-state index < -0.39 is 122 Å². The summed E-state index contributed by atoms with van der Waals surface area (Å²) >= 11 is 0. The van der Waals surface area contributed by atoms with Gasteiger partial charge < -0.3 is 66.3 Å². The minimum Gasteiger partial charge on any atom is -0.493 e. The lowest BCUT2D eigenvalue weighted by atomic mass is 9.97. The van der Waals surface area contributed by atoms with E-state index in [-0.39, 0.29) is 22.8 Å². The number of benzene rings is 1. The molecule has 1 aromatic carbocycles. The highest BCUT2D eigenvalue weighted by Gasteiger charge is 2.56. The number of esters is 8. The molecule has 322 valence electrons. The van der Waals surface area contributed by atoms with Crippen LogP contribution in [0.25, 0.3) is 0 Å². The average Bonchev–Trinajstić information content (AvgIpc) is 3.12. The first-order valence-electron chi connectivity index (χ1n) is 17.4. The van der Waals surface area contributed by atoms with Crippen LogP contribution in [0.1, 0.15) is 58.8 Å². The van der Waals surface area contributed by atoms with E-state index in [1.165, 1.54) is 26.4 Å². The standard InChI is InChI=1S/C36H46O22/c1-15(37)48-13-25-28(50-16(2)38)30(52-18(4)40)32(54-20(6)42)35(56-25)49-14-26-29(51-17(3)39)31(53-19(5)41)33(55-21(7)43)36(57-26)58-27-23(45-8)11-22(34(44)47-10)12-24(27)46-9/h11-12,25-26,28-33,35-36H,13-14H2,1-10H3/t25-,26-,28-,29-,30+,31+,32-,33-,35-,36+/m1/s1. The van der Waals surface area contributed by atoms with Crippen LogP contribution in [0.3, 0.4) is 0 Å². The fourth-order valence-corrected chi connectivity index (χ4v) is 5.94. The van der Waals surface area contributed by atoms with Gasteiger partial charge in [-0.1, -0.05) is 0 Å². The zero-order valence-electron chi connectivity index (χ0n) is 33.3. The van der Waals surface area contributed by atoms with E-state index in [4.69, 9.17) is 66.3 Å². The molecule has 0 radical (unpaired) electrons. The second kappa shape index (κ2) is 21.1. The van der Waals surface area contributed by atoms with Gasteiger partial charge in [0.2, 0.25) is 18.1 Å². The summed E-state index contributed by atoms with van der Waals surface area (Å²) < 4.78 is 78.2. The first kappa shape index (κ1) is 46.6. The maximum atomic E-state index is 12.5. The molecule has 3 rings (SSSR count). The predicted molar refractivity (Wildman–Crippen MR) is 185 cm³/mol. The number of hydrogen-bond donors (Lipinski definition) is 0. The molecule has 22 nitrogen and oxygen atoms in total. The van der Waals surface area contributed by atoms with E-state index in [2.05, 4.69) is 0 Å². The average molecular weight is 831 g/mol. The van der Waals surface area contributed by atoms with Crippen molar-refractivity contribution in [3.63, 3.8) is 0 Å². The zero-order valence-corrected chi connectivity index (χ0v) is 33.3. The van der Waals surface area contributed by atoms with Crippen molar-refractivity contribution in [2.45, 2.75) is 110 Å². The number of hydrogen-bond acceptors (Lipinski definition) is 22. The Hall–Kier alpha value is -5.74. The summed E-state index contributed by atoms with van der Waals surface area (Å²) in [7, 11) is 3.65. The Morgan fingerprint density at radius 3 is 1.28 bits per heavy atom. The van der Waals surface area contributed by atoms with Crippen LogP contribution in [-0.2, 0) is 85.7 Å². The van der Waals surface area contributed by atoms with Gasteiger partial charge in [0.1, 0.15) is 18.8 Å². The fourth-order valence-electron chi connectivity index (χ4n) is 5.94. The van der Waals surface area contributed by atoms with Gasteiger partial charge in [-0.3, -0.25) is 33.6 Å². The van der Waals surface area contributed by atoms with Gasteiger partial charge in [0.15, 0.2) is 48.3 Å². The molecule has 0 saturated carbocycles. The van der Waals surface area contributed by atoms with E-state index in [0.717, 1.165) is 55.6 Å². The van der Waals surface area contributed by atoms with Crippen LogP contribution in [0.2, 0.25) is 0 Å². The molecule has 1 aromatic rings. The Bertz CT molecular complexity index is 1670. The van der Waals surface area contributed by atoms with Crippen LogP contribution in [0, 0.1) is 0 Å². The SMILES string of the molecule is COC(=O)c1cc(OC)c(O[C@@H]2O[C@H](CO[C@@H]3O[C@H](COC(C)=O)[C@@H](OC(C)=O)[C@H](OC(C)=O)[C@H]3OC(C)=O)[C@@H](OC(C)=O)[C@H](OC(C)=O)[C@H]2OC(C)=O)c(OC)c1. The van der Waals surface area contributed by atoms with Crippen molar-refractivity contribution >= 4 is 47.8 Å². The number of carbonyl (C=O) groups excluding carboxylic acids is 8. The zero-order chi connectivity index (χ0) is 43.4. The van der Waals surface area contributed by atoms with Gasteiger partial charge in [0, 0.05) is 48.5 Å². The molecule has 2 saturated heterocycles. The molecule has 0 N–H and O–H groups in total. The molecule has 0 amide bonds. The summed E-state index contributed by atoms with van der Waals surface area (Å²) in [4.78, 5) is 98.5. The second-order valence-corrected chi connectivity index (χ2v) is 12.5. The maximum absolute atomic E-state index is 12.5. The normalized spacial score (nSPS) is 26.4. The van der Waals surface area contributed by atoms with E-state index in [1.54, 1.807) is 0 Å². The smallest absolute Gasteiger partial charge is 0.338 e. The van der Waals surface area contributed by atoms with Crippen molar-refractivity contribution in [3.8, 4) is 17.2 Å². The molecule has 22 heteroatoms. The molecular formula is C36H46O22. The maximum Gasteiger partial charge on any atom is 0.338 e. The van der Waals surface area contributed by atoms with Crippen LogP contribution in [0.5, 0.6) is 17.2 Å². The van der Waals surface area contributed by atoms with Gasteiger partial charge in [-0.15, -0.1) is 0 Å². The van der Waals surface area contributed by atoms with Crippen molar-refractivity contribution < 1.29 is 105 Å². The summed E-state index contributed by atoms with van der Waals surface area (Å²) in [6.07, 6.45) is -16.2. The Kier molecular flexibility index (Phi) is 17.0. The molecule has 0 spiro atoms. The quantitative estimate of drug-likeness (QED) is 0.162. The molecule has 2 heterocycles. The third-order valence-electron chi connectivity index (χ3n) is 7.99. The van der Waals surface area contributed by atoms with Crippen molar-refractivity contribution in [1.82, 2.24) is 0 Å². The summed E-state index contributed by atoms with van der Waals surface area (Å²) in [6.45, 7) is 6.01. The van der Waals surface area contributed by atoms with Crippen LogP contribution >= 0.6 is 0 Å². The molecule has 2 aliphatic heterocycles. The van der Waals surface area contributed by atoms with Gasteiger partial charge in [0.05, 0.1) is 33.5 Å². The van der Waals surface area contributed by atoms with E-state index >= 15 is 0 Å². The Morgan fingerprint density at radius 2 is 0.879 bits per heavy atom. The molecule has 10 atom stereocenters. The summed E-state index contributed by atoms with van der Waals surface area (Å²) in [5, 5.41) is 0. The highest BCUT2D eigenvalue weighted by Crippen LogP contribution is 2.42. The van der Waals surface area contributed by atoms with Crippen molar-refractivity contribution in [3.05, 3.63) is 17.7 Å². The Labute approximate surface area is 331 Å². The highest BCUT2D eigenvalue weighted by molar-refractivity contribution is 5.91. The topological polar surface area (TPSA) is 266 Å². The van der Waals surface area contributed by atoms with Crippen molar-refractivity contribution in [1.29, 1.82) is 0 Å². The minimum absolute atomic E-state index is 0.00606. The second-order valence-electron chi connectivity index (χ2n) is 12.5. The first-order chi connectivity index (χ1) is 27.3. The lowest BCUT2D eigenvalue weighted by molar-refractivity contribution is -0.327. The van der Waals surface area contributed by atoms with Gasteiger partial charge in [0.25, 0.3) is 0 Å². The predicted octanol–water partition coefficient (Wildman–Crippen LogP) is 0.489. The monoisotopic (exact) mass is 830 g/mol. The third kappa shape index (κ3) is 12.6. The fraction of sp³-hybridized carbons (Fsp3) is 0.611. The molecule has 0 bridgehead atoms. The van der Waals surface area contributed by atoms with Gasteiger partial charge >= 0.3 is 47.8 Å². The molecule has 2 aliphatic rings. The Balaban J connectivity index is 2.17. The number of rotatable bonds is 16. The molecule has 0 aliphatic carbocycles. The highest BCUT2D eigenvalue weighted by atomic mass is 16.8. The van der Waals surface area contributed by atoms with Crippen molar-refractivity contribution in [2.24, 2.45) is 0 Å². The number of carbonyl (C=O) groups is 8. The van der Waals surface area contributed by atoms with Crippen LogP contribution in [0.4, 0.5) is 0 Å². The molecule has 58 heavy (non-hydrogen) atoms. The summed E-state index contributed by atoms with van der Waals surface area (Å²) in [5.41, 5.74) is -0.00606. The van der Waals surface area contributed by atoms with Gasteiger partial charge in [-0.2, -0.15) is 0 Å². The van der Waals surface area contributed by atoms with E-state index in [9.17, 15) is 38.4 Å². The van der Waals surface area contributed by atoms with E-state index in [0.29, 0.717) is 0 Å². The molecular weight excluding hydrogens is 784 g/mol. The number of methoxy groups -OCH3 is 3. The molecule has 0 unspecified atom stereocenters. The van der Waals surface area contributed by atoms with Crippen LogP contribution < -0.4 is 14.2 Å². The molecule has 0 aromatic heterocycles. The number of ether oxygens (including phenoxy) is 14. The largest absolute Gasteiger partial charge is 0.493 e. The van der Waals surface area contributed by atoms with E-state index in [1.807, 2.05) is 0 Å². The van der Waals surface area contributed by atoms with Crippen LogP contribution in [0.15, 0.2) is 12.1 Å². The first-order valence-corrected chi connectivity index (χ1v) is 17.4. The Morgan fingerprint density at radius 1 is 0.500 bits per heavy atom. The summed E-state index contributed by atoms with van der Waals surface area (Å²) in [5.74, 6) is -7.33. The summed E-state index contributed by atoms with van der Waals surface area (Å²) in [6, 6.07) is 2.51. The lowest BCUT2D eigenvalue weighted by Gasteiger charge is -2.46. The molecule has 2 fully saturated rings. The van der Waals surface area contributed by atoms with Crippen LogP contribution in [-0.4, -0.2) is 144 Å². The van der Waals surface area contributed by atoms with Crippen molar-refractivity contribution in [2.75, 3.05) is 34.5 Å². The minimum atomic E-state index is -1.77. The lowest BCUT2D eigenvalue weighted by Crippen LogP contribution is -2.65. The van der Waals surface area contributed by atoms with Gasteiger partial charge in [-0.05, 0) is 12.1 Å².